The summed E-state index contributed by atoms with van der Waals surface area (Å²) in [5, 5.41) is 37.6. The van der Waals surface area contributed by atoms with Gasteiger partial charge in [0, 0.05) is 12.2 Å². The molecule has 15 heteroatoms. The number of aromatic nitrogens is 3. The van der Waals surface area contributed by atoms with E-state index in [4.69, 9.17) is 25.6 Å². The molecular formula is C26H33ClN5O8P. The molecule has 0 spiro atoms. The lowest BCUT2D eigenvalue weighted by Crippen LogP contribution is -2.36. The van der Waals surface area contributed by atoms with Gasteiger partial charge in [-0.15, -0.1) is 0 Å². The molecule has 1 aliphatic carbocycles. The van der Waals surface area contributed by atoms with Gasteiger partial charge in [-0.1, -0.05) is 31.0 Å². The Balaban J connectivity index is 1.28. The minimum Gasteiger partial charge on any atom is -0.480 e. The third kappa shape index (κ3) is 6.83. The molecule has 1 aliphatic heterocycles. The summed E-state index contributed by atoms with van der Waals surface area (Å²) >= 11 is 6.23. The first kappa shape index (κ1) is 29.7. The Morgan fingerprint density at radius 1 is 1.20 bits per heavy atom. The number of nitrogens with one attached hydrogen (secondary N) is 2. The van der Waals surface area contributed by atoms with E-state index in [1.54, 1.807) is 47.2 Å². The van der Waals surface area contributed by atoms with Gasteiger partial charge in [0.05, 0.1) is 12.0 Å². The number of carbonyl (C=O) groups is 1. The van der Waals surface area contributed by atoms with Crippen LogP contribution in [0.1, 0.15) is 38.8 Å². The Bertz CT molecular complexity index is 1410. The van der Waals surface area contributed by atoms with Gasteiger partial charge in [0.15, 0.2) is 6.23 Å². The average molecular weight is 610 g/mol. The number of fused-ring (bicyclic) bond motifs is 1. The molecule has 2 aliphatic rings. The lowest BCUT2D eigenvalue weighted by atomic mass is 10.1. The zero-order chi connectivity index (χ0) is 29.1. The van der Waals surface area contributed by atoms with E-state index in [-0.39, 0.29) is 17.6 Å². The van der Waals surface area contributed by atoms with Crippen molar-refractivity contribution in [1.29, 1.82) is 0 Å². The summed E-state index contributed by atoms with van der Waals surface area (Å²) in [4.78, 5) is 20.1. The predicted molar refractivity (Wildman–Crippen MR) is 150 cm³/mol. The topological polar surface area (TPSA) is 177 Å². The lowest BCUT2D eigenvalue weighted by Gasteiger charge is -2.23. The van der Waals surface area contributed by atoms with Crippen molar-refractivity contribution >= 4 is 41.9 Å². The number of ether oxygens (including phenoxy) is 2. The maximum Gasteiger partial charge on any atom is 0.342 e. The second-order valence-corrected chi connectivity index (χ2v) is 12.6. The van der Waals surface area contributed by atoms with Crippen LogP contribution in [-0.2, 0) is 18.8 Å². The highest BCUT2D eigenvalue weighted by molar-refractivity contribution is 7.57. The number of benzene rings is 1. The molecule has 2 aromatic heterocycles. The fourth-order valence-corrected chi connectivity index (χ4v) is 6.92. The van der Waals surface area contributed by atoms with E-state index in [1.165, 1.54) is 6.92 Å². The van der Waals surface area contributed by atoms with Crippen molar-refractivity contribution in [2.45, 2.75) is 69.2 Å². The standard InChI is InChI=1S/C26H33ClN5O8P/c1-15(25(35)36)31-41(37,40-17-9-3-2-4-10-17)14-38-13-19-20(33)21(34)24(39-19)32-12-11-18-22(28-16-7-5-6-8-16)29-26(27)30-23(18)32/h2-4,9-12,15-16,19-21,24,33-34H,5-8,13-14H2,1H3,(H,31,37)(H,35,36)(H,28,29,30)/t15?,19-,20-,21-,24-,41?/m1/s1. The monoisotopic (exact) mass is 609 g/mol. The Kier molecular flexibility index (Phi) is 9.15. The van der Waals surface area contributed by atoms with E-state index in [1.807, 2.05) is 0 Å². The number of hydrogen-bond acceptors (Lipinski definition) is 10. The second-order valence-electron chi connectivity index (χ2n) is 10.2. The van der Waals surface area contributed by atoms with E-state index in [0.29, 0.717) is 22.9 Å². The number of aliphatic hydroxyl groups excluding tert-OH is 2. The highest BCUT2D eigenvalue weighted by atomic mass is 35.5. The van der Waals surface area contributed by atoms with Crippen LogP contribution in [0.2, 0.25) is 5.28 Å². The highest BCUT2D eigenvalue weighted by Gasteiger charge is 2.45. The smallest absolute Gasteiger partial charge is 0.342 e. The minimum absolute atomic E-state index is 0.0307. The predicted octanol–water partition coefficient (Wildman–Crippen LogP) is 3.37. The van der Waals surface area contributed by atoms with Crippen molar-refractivity contribution in [1.82, 2.24) is 19.6 Å². The van der Waals surface area contributed by atoms with E-state index < -0.39 is 50.4 Å². The lowest BCUT2D eigenvalue weighted by molar-refractivity contribution is -0.138. The Morgan fingerprint density at radius 2 is 1.93 bits per heavy atom. The van der Waals surface area contributed by atoms with E-state index in [9.17, 15) is 24.7 Å². The molecule has 222 valence electrons. The van der Waals surface area contributed by atoms with Crippen molar-refractivity contribution < 1.29 is 38.7 Å². The molecule has 2 fully saturated rings. The van der Waals surface area contributed by atoms with Gasteiger partial charge in [-0.05, 0) is 49.6 Å². The normalized spacial score (nSPS) is 25.3. The maximum atomic E-state index is 13.5. The zero-order valence-electron chi connectivity index (χ0n) is 22.3. The summed E-state index contributed by atoms with van der Waals surface area (Å²) in [6.45, 7) is 1.07. The summed E-state index contributed by atoms with van der Waals surface area (Å²) in [5.41, 5.74) is 0.427. The summed E-state index contributed by atoms with van der Waals surface area (Å²) in [6, 6.07) is 9.18. The van der Waals surface area contributed by atoms with Gasteiger partial charge in [0.1, 0.15) is 47.9 Å². The summed E-state index contributed by atoms with van der Waals surface area (Å²) < 4.78 is 32.3. The zero-order valence-corrected chi connectivity index (χ0v) is 23.9. The molecule has 5 N–H and O–H groups in total. The van der Waals surface area contributed by atoms with Gasteiger partial charge >= 0.3 is 13.5 Å². The van der Waals surface area contributed by atoms with Crippen LogP contribution >= 0.6 is 19.1 Å². The molecule has 3 aromatic rings. The number of carboxylic acid groups (broad SMARTS) is 1. The van der Waals surface area contributed by atoms with E-state index in [0.717, 1.165) is 25.7 Å². The van der Waals surface area contributed by atoms with Gasteiger partial charge in [-0.3, -0.25) is 9.36 Å². The van der Waals surface area contributed by atoms with Crippen molar-refractivity contribution in [3.05, 3.63) is 47.9 Å². The highest BCUT2D eigenvalue weighted by Crippen LogP contribution is 2.44. The number of rotatable bonds is 12. The van der Waals surface area contributed by atoms with Crippen molar-refractivity contribution in [3.63, 3.8) is 0 Å². The maximum absolute atomic E-state index is 13.5. The van der Waals surface area contributed by atoms with E-state index in [2.05, 4.69) is 20.4 Å². The number of aliphatic hydroxyl groups is 2. The molecule has 13 nitrogen and oxygen atoms in total. The number of carboxylic acids is 1. The van der Waals surface area contributed by atoms with Crippen LogP contribution in [0.15, 0.2) is 42.6 Å². The fourth-order valence-electron chi connectivity index (χ4n) is 5.06. The van der Waals surface area contributed by atoms with Crippen LogP contribution in [0.3, 0.4) is 0 Å². The molecule has 2 unspecified atom stereocenters. The van der Waals surface area contributed by atoms with Crippen LogP contribution in [-0.4, -0.2) is 79.2 Å². The van der Waals surface area contributed by atoms with E-state index >= 15 is 0 Å². The van der Waals surface area contributed by atoms with Crippen molar-refractivity contribution in [2.24, 2.45) is 0 Å². The SMILES string of the molecule is CC(NP(=O)(COC[C@H]1O[C@@H](n2ccc3c(NC4CCCC4)nc(Cl)nc32)[C@H](O)[C@@H]1O)Oc1ccccc1)C(=O)O. The number of para-hydroxylation sites is 1. The van der Waals surface area contributed by atoms with Gasteiger partial charge in [0.25, 0.3) is 0 Å². The molecule has 0 radical (unpaired) electrons. The summed E-state index contributed by atoms with van der Waals surface area (Å²) in [6.07, 6.45) is 0.840. The first-order chi connectivity index (χ1) is 19.6. The van der Waals surface area contributed by atoms with Gasteiger partial charge in [-0.2, -0.15) is 4.98 Å². The third-order valence-corrected chi connectivity index (χ3v) is 9.13. The number of anilines is 1. The van der Waals surface area contributed by atoms with Crippen LogP contribution in [0.5, 0.6) is 5.75 Å². The Labute approximate surface area is 241 Å². The molecule has 3 heterocycles. The van der Waals surface area contributed by atoms with Crippen molar-refractivity contribution in [2.75, 3.05) is 18.3 Å². The fraction of sp³-hybridized carbons (Fsp3) is 0.500. The van der Waals surface area contributed by atoms with Crippen LogP contribution in [0, 0.1) is 0 Å². The molecule has 5 rings (SSSR count). The quantitative estimate of drug-likeness (QED) is 0.150. The van der Waals surface area contributed by atoms with Gasteiger partial charge < -0.3 is 39.2 Å². The van der Waals surface area contributed by atoms with Crippen LogP contribution in [0.25, 0.3) is 11.0 Å². The number of hydrogen-bond donors (Lipinski definition) is 5. The minimum atomic E-state index is -3.86. The third-order valence-electron chi connectivity index (χ3n) is 7.15. The van der Waals surface area contributed by atoms with Crippen LogP contribution < -0.4 is 14.9 Å². The largest absolute Gasteiger partial charge is 0.480 e. The number of halogens is 1. The molecule has 1 aromatic carbocycles. The molecule has 0 bridgehead atoms. The first-order valence-electron chi connectivity index (χ1n) is 13.4. The molecule has 0 amide bonds. The molecule has 41 heavy (non-hydrogen) atoms. The molecular weight excluding hydrogens is 577 g/mol. The first-order valence-corrected chi connectivity index (χ1v) is 15.6. The molecule has 6 atom stereocenters. The summed E-state index contributed by atoms with van der Waals surface area (Å²) in [7, 11) is -3.86. The van der Waals surface area contributed by atoms with Gasteiger partial charge in [0.2, 0.25) is 5.28 Å². The van der Waals surface area contributed by atoms with Crippen LogP contribution in [0.4, 0.5) is 5.82 Å². The number of aliphatic carboxylic acids is 1. The Hall–Kier alpha value is -2.77. The average Bonchev–Trinajstić information content (AvgIpc) is 3.66. The van der Waals surface area contributed by atoms with Gasteiger partial charge in [-0.25, -0.2) is 10.1 Å². The molecule has 1 saturated heterocycles. The van der Waals surface area contributed by atoms with Crippen molar-refractivity contribution in [3.8, 4) is 5.75 Å². The summed E-state index contributed by atoms with van der Waals surface area (Å²) in [5.74, 6) is -0.359. The second kappa shape index (κ2) is 12.6. The Morgan fingerprint density at radius 3 is 2.63 bits per heavy atom. The number of nitrogens with zero attached hydrogens (tertiary/aromatic N) is 3. The molecule has 1 saturated carbocycles.